The lowest BCUT2D eigenvalue weighted by Gasteiger charge is -2.21. The van der Waals surface area contributed by atoms with E-state index in [1.165, 1.54) is 4.90 Å². The molecule has 1 aliphatic rings. The van der Waals surface area contributed by atoms with E-state index >= 15 is 0 Å². The summed E-state index contributed by atoms with van der Waals surface area (Å²) >= 11 is 0.955. The number of amides is 2. The third-order valence-corrected chi connectivity index (χ3v) is 3.35. The maximum atomic E-state index is 11.8. The molecule has 0 aliphatic carbocycles. The Kier molecular flexibility index (Phi) is 3.73. The minimum atomic E-state index is -0.496. The summed E-state index contributed by atoms with van der Waals surface area (Å²) in [4.78, 5) is 24.6. The molecule has 1 aliphatic heterocycles. The van der Waals surface area contributed by atoms with Crippen LogP contribution in [0.1, 0.15) is 26.7 Å². The number of carbonyl (C=O) groups is 2. The van der Waals surface area contributed by atoms with Crippen LogP contribution in [-0.2, 0) is 9.59 Å². The van der Waals surface area contributed by atoms with E-state index in [1.54, 1.807) is 0 Å². The van der Waals surface area contributed by atoms with E-state index in [-0.39, 0.29) is 29.4 Å². The second-order valence-electron chi connectivity index (χ2n) is 3.53. The first kappa shape index (κ1) is 12.0. The zero-order valence-electron chi connectivity index (χ0n) is 8.82. The Hall–Kier alpha value is -1.04. The van der Waals surface area contributed by atoms with Crippen LogP contribution in [0.3, 0.4) is 0 Å². The SMILES string of the molecule is CCC(C)N1C(=O)CC(SC(=N)N)C1=O. The summed E-state index contributed by atoms with van der Waals surface area (Å²) < 4.78 is 0. The second kappa shape index (κ2) is 4.65. The van der Waals surface area contributed by atoms with Crippen molar-refractivity contribution in [2.24, 2.45) is 5.73 Å². The monoisotopic (exact) mass is 229 g/mol. The first-order valence-electron chi connectivity index (χ1n) is 4.84. The smallest absolute Gasteiger partial charge is 0.243 e. The molecule has 2 amide bonds. The summed E-state index contributed by atoms with van der Waals surface area (Å²) in [5.74, 6) is -0.373. The van der Waals surface area contributed by atoms with Crippen LogP contribution >= 0.6 is 11.8 Å². The van der Waals surface area contributed by atoms with Gasteiger partial charge in [-0.05, 0) is 13.3 Å². The van der Waals surface area contributed by atoms with Crippen molar-refractivity contribution in [2.45, 2.75) is 38.0 Å². The van der Waals surface area contributed by atoms with Crippen LogP contribution in [0.2, 0.25) is 0 Å². The highest BCUT2D eigenvalue weighted by atomic mass is 32.2. The van der Waals surface area contributed by atoms with Gasteiger partial charge in [0.15, 0.2) is 5.17 Å². The number of imide groups is 1. The molecule has 0 radical (unpaired) electrons. The average molecular weight is 229 g/mol. The largest absolute Gasteiger partial charge is 0.379 e. The van der Waals surface area contributed by atoms with Gasteiger partial charge in [-0.25, -0.2) is 0 Å². The Balaban J connectivity index is 2.74. The summed E-state index contributed by atoms with van der Waals surface area (Å²) in [6.45, 7) is 3.77. The summed E-state index contributed by atoms with van der Waals surface area (Å²) in [6, 6.07) is -0.0671. The number of amidine groups is 1. The van der Waals surface area contributed by atoms with Gasteiger partial charge >= 0.3 is 0 Å². The van der Waals surface area contributed by atoms with Crippen molar-refractivity contribution < 1.29 is 9.59 Å². The number of likely N-dealkylation sites (tertiary alicyclic amines) is 1. The topological polar surface area (TPSA) is 87.2 Å². The Morgan fingerprint density at radius 2 is 2.33 bits per heavy atom. The number of hydrogen-bond donors (Lipinski definition) is 2. The van der Waals surface area contributed by atoms with Gasteiger partial charge in [0, 0.05) is 12.5 Å². The number of rotatable bonds is 3. The van der Waals surface area contributed by atoms with E-state index in [0.29, 0.717) is 0 Å². The molecular weight excluding hydrogens is 214 g/mol. The molecule has 0 aromatic carbocycles. The first-order chi connectivity index (χ1) is 6.97. The number of nitrogens with one attached hydrogen (secondary N) is 1. The summed E-state index contributed by atoms with van der Waals surface area (Å²) in [6.07, 6.45) is 0.905. The summed E-state index contributed by atoms with van der Waals surface area (Å²) in [5, 5.41) is 6.48. The van der Waals surface area contributed by atoms with Gasteiger partial charge in [-0.3, -0.25) is 19.9 Å². The molecule has 1 rings (SSSR count). The molecule has 0 bridgehead atoms. The molecule has 2 unspecified atom stereocenters. The highest BCUT2D eigenvalue weighted by molar-refractivity contribution is 8.14. The molecule has 3 N–H and O–H groups in total. The van der Waals surface area contributed by atoms with Crippen LogP contribution in [0.25, 0.3) is 0 Å². The standard InChI is InChI=1S/C9H15N3O2S/c1-3-5(2)12-7(13)4-6(8(12)14)15-9(10)11/h5-6H,3-4H2,1-2H3,(H3,10,11). The van der Waals surface area contributed by atoms with Crippen LogP contribution in [0.5, 0.6) is 0 Å². The zero-order valence-corrected chi connectivity index (χ0v) is 9.63. The van der Waals surface area contributed by atoms with Crippen molar-refractivity contribution in [2.75, 3.05) is 0 Å². The molecule has 84 valence electrons. The van der Waals surface area contributed by atoms with Gasteiger partial charge in [0.25, 0.3) is 0 Å². The minimum Gasteiger partial charge on any atom is -0.379 e. The van der Waals surface area contributed by atoms with Gasteiger partial charge in [0.1, 0.15) is 5.25 Å². The third-order valence-electron chi connectivity index (χ3n) is 2.44. The van der Waals surface area contributed by atoms with Gasteiger partial charge < -0.3 is 5.73 Å². The predicted octanol–water partition coefficient (Wildman–Crippen LogP) is 0.539. The van der Waals surface area contributed by atoms with E-state index in [4.69, 9.17) is 11.1 Å². The molecule has 0 aromatic rings. The molecule has 1 fully saturated rings. The normalized spacial score (nSPS) is 23.3. The van der Waals surface area contributed by atoms with E-state index in [0.717, 1.165) is 18.2 Å². The molecule has 2 atom stereocenters. The Morgan fingerprint density at radius 1 is 1.73 bits per heavy atom. The van der Waals surface area contributed by atoms with Crippen molar-refractivity contribution in [3.63, 3.8) is 0 Å². The van der Waals surface area contributed by atoms with Crippen molar-refractivity contribution in [3.8, 4) is 0 Å². The van der Waals surface area contributed by atoms with Crippen LogP contribution < -0.4 is 5.73 Å². The Labute approximate surface area is 92.9 Å². The van der Waals surface area contributed by atoms with Crippen LogP contribution in [-0.4, -0.2) is 33.2 Å². The fourth-order valence-corrected chi connectivity index (χ4v) is 2.26. The first-order valence-corrected chi connectivity index (χ1v) is 5.71. The summed E-state index contributed by atoms with van der Waals surface area (Å²) in [5.41, 5.74) is 5.20. The molecule has 1 saturated heterocycles. The lowest BCUT2D eigenvalue weighted by atomic mass is 10.2. The molecule has 0 aromatic heterocycles. The quantitative estimate of drug-likeness (QED) is 0.420. The predicted molar refractivity (Wildman–Crippen MR) is 59.5 cm³/mol. The lowest BCUT2D eigenvalue weighted by Crippen LogP contribution is -2.38. The van der Waals surface area contributed by atoms with E-state index in [9.17, 15) is 9.59 Å². The van der Waals surface area contributed by atoms with Gasteiger partial charge in [0.05, 0.1) is 0 Å². The molecule has 6 heteroatoms. The number of hydrogen-bond acceptors (Lipinski definition) is 4. The Bertz CT molecular complexity index is 306. The van der Waals surface area contributed by atoms with E-state index in [1.807, 2.05) is 13.8 Å². The zero-order chi connectivity index (χ0) is 11.6. The Morgan fingerprint density at radius 3 is 2.80 bits per heavy atom. The summed E-state index contributed by atoms with van der Waals surface area (Å²) in [7, 11) is 0. The van der Waals surface area contributed by atoms with Crippen LogP contribution in [0.4, 0.5) is 0 Å². The highest BCUT2D eigenvalue weighted by Crippen LogP contribution is 2.26. The van der Waals surface area contributed by atoms with Gasteiger partial charge in [-0.1, -0.05) is 18.7 Å². The maximum Gasteiger partial charge on any atom is 0.243 e. The maximum absolute atomic E-state index is 11.8. The van der Waals surface area contributed by atoms with Gasteiger partial charge in [0.2, 0.25) is 11.8 Å². The number of nitrogens with zero attached hydrogens (tertiary/aromatic N) is 1. The lowest BCUT2D eigenvalue weighted by molar-refractivity contribution is -0.140. The van der Waals surface area contributed by atoms with Crippen molar-refractivity contribution in [1.82, 2.24) is 4.90 Å². The van der Waals surface area contributed by atoms with Crippen LogP contribution in [0, 0.1) is 5.41 Å². The molecule has 0 saturated carbocycles. The highest BCUT2D eigenvalue weighted by Gasteiger charge is 2.41. The second-order valence-corrected chi connectivity index (χ2v) is 4.78. The van der Waals surface area contributed by atoms with Crippen molar-refractivity contribution in [3.05, 3.63) is 0 Å². The fourth-order valence-electron chi connectivity index (χ4n) is 1.51. The molecule has 0 spiro atoms. The number of nitrogens with two attached hydrogens (primary N) is 1. The number of thioether (sulfide) groups is 1. The molecular formula is C9H15N3O2S. The van der Waals surface area contributed by atoms with Crippen molar-refractivity contribution >= 4 is 28.7 Å². The van der Waals surface area contributed by atoms with E-state index < -0.39 is 5.25 Å². The molecule has 5 nitrogen and oxygen atoms in total. The number of carbonyl (C=O) groups excluding carboxylic acids is 2. The van der Waals surface area contributed by atoms with E-state index in [2.05, 4.69) is 0 Å². The molecule has 15 heavy (non-hydrogen) atoms. The average Bonchev–Trinajstić information content (AvgIpc) is 2.40. The van der Waals surface area contributed by atoms with Crippen molar-refractivity contribution in [1.29, 1.82) is 5.41 Å². The van der Waals surface area contributed by atoms with Gasteiger partial charge in [-0.2, -0.15) is 0 Å². The van der Waals surface area contributed by atoms with Crippen LogP contribution in [0.15, 0.2) is 0 Å². The fraction of sp³-hybridized carbons (Fsp3) is 0.667. The third kappa shape index (κ3) is 2.50. The minimum absolute atomic E-state index is 0.0671. The molecule has 1 heterocycles. The van der Waals surface area contributed by atoms with Gasteiger partial charge in [-0.15, -0.1) is 0 Å².